The molecule has 1 fully saturated rings. The lowest BCUT2D eigenvalue weighted by molar-refractivity contribution is -0.137. The van der Waals surface area contributed by atoms with Crippen molar-refractivity contribution in [3.05, 3.63) is 5.89 Å². The lowest BCUT2D eigenvalue weighted by atomic mass is 10.1. The number of carboxylic acids is 1. The van der Waals surface area contributed by atoms with Crippen molar-refractivity contribution in [2.75, 3.05) is 18.0 Å². The summed E-state index contributed by atoms with van der Waals surface area (Å²) in [6.45, 7) is 1.91. The minimum absolute atomic E-state index is 0.0294. The van der Waals surface area contributed by atoms with Gasteiger partial charge in [-0.3, -0.25) is 4.79 Å². The summed E-state index contributed by atoms with van der Waals surface area (Å²) < 4.78 is 5.00. The van der Waals surface area contributed by atoms with Crippen molar-refractivity contribution in [1.29, 1.82) is 0 Å². The van der Waals surface area contributed by atoms with Gasteiger partial charge in [0.2, 0.25) is 5.89 Å². The standard InChI is InChI=1S/C10H15N3O3/c14-9(15)5-4-8-11-10(12-16-8)13-6-2-1-3-7-13/h1-7H2,(H,14,15). The molecule has 1 saturated heterocycles. The number of aryl methyl sites for hydroxylation is 1. The van der Waals surface area contributed by atoms with Gasteiger partial charge in [-0.15, -0.1) is 0 Å². The second-order valence-corrected chi connectivity index (χ2v) is 3.93. The third kappa shape index (κ3) is 2.71. The molecular formula is C10H15N3O3. The van der Waals surface area contributed by atoms with Crippen LogP contribution in [0, 0.1) is 0 Å². The van der Waals surface area contributed by atoms with Crippen molar-refractivity contribution in [3.8, 4) is 0 Å². The quantitative estimate of drug-likeness (QED) is 0.825. The summed E-state index contributed by atoms with van der Waals surface area (Å²) in [5, 5.41) is 12.4. The Balaban J connectivity index is 1.93. The van der Waals surface area contributed by atoms with Crippen LogP contribution in [0.25, 0.3) is 0 Å². The smallest absolute Gasteiger partial charge is 0.303 e. The van der Waals surface area contributed by atoms with Crippen molar-refractivity contribution < 1.29 is 14.4 Å². The zero-order chi connectivity index (χ0) is 11.4. The second kappa shape index (κ2) is 4.96. The minimum Gasteiger partial charge on any atom is -0.481 e. The van der Waals surface area contributed by atoms with E-state index in [4.69, 9.17) is 9.63 Å². The lowest BCUT2D eigenvalue weighted by Gasteiger charge is -2.24. The molecule has 2 rings (SSSR count). The van der Waals surface area contributed by atoms with Gasteiger partial charge in [0.1, 0.15) is 0 Å². The van der Waals surface area contributed by atoms with Crippen molar-refractivity contribution in [2.24, 2.45) is 0 Å². The maximum Gasteiger partial charge on any atom is 0.303 e. The molecule has 1 aromatic heterocycles. The van der Waals surface area contributed by atoms with Crippen molar-refractivity contribution >= 4 is 11.9 Å². The molecule has 0 aliphatic carbocycles. The van der Waals surface area contributed by atoms with E-state index in [9.17, 15) is 4.79 Å². The predicted molar refractivity (Wildman–Crippen MR) is 56.3 cm³/mol. The summed E-state index contributed by atoms with van der Waals surface area (Å²) in [6, 6.07) is 0. The number of hydrogen-bond donors (Lipinski definition) is 1. The summed E-state index contributed by atoms with van der Waals surface area (Å²) in [4.78, 5) is 16.7. The number of carbonyl (C=O) groups is 1. The molecule has 0 bridgehead atoms. The molecule has 2 heterocycles. The van der Waals surface area contributed by atoms with Gasteiger partial charge in [-0.1, -0.05) is 0 Å². The Labute approximate surface area is 93.2 Å². The second-order valence-electron chi connectivity index (χ2n) is 3.93. The normalized spacial score (nSPS) is 16.4. The van der Waals surface area contributed by atoms with Gasteiger partial charge in [0, 0.05) is 19.5 Å². The van der Waals surface area contributed by atoms with Crippen LogP contribution in [0.5, 0.6) is 0 Å². The van der Waals surface area contributed by atoms with E-state index in [0.29, 0.717) is 18.3 Å². The van der Waals surface area contributed by atoms with E-state index in [1.807, 2.05) is 0 Å². The first-order valence-corrected chi connectivity index (χ1v) is 5.55. The third-order valence-corrected chi connectivity index (χ3v) is 2.65. The number of anilines is 1. The molecule has 88 valence electrons. The summed E-state index contributed by atoms with van der Waals surface area (Å²) in [7, 11) is 0. The molecule has 1 aromatic rings. The molecule has 1 aliphatic heterocycles. The summed E-state index contributed by atoms with van der Waals surface area (Å²) in [6.07, 6.45) is 3.88. The average molecular weight is 225 g/mol. The Kier molecular flexibility index (Phi) is 3.38. The van der Waals surface area contributed by atoms with Gasteiger partial charge in [0.15, 0.2) is 0 Å². The van der Waals surface area contributed by atoms with Gasteiger partial charge in [0.05, 0.1) is 6.42 Å². The van der Waals surface area contributed by atoms with E-state index in [1.165, 1.54) is 6.42 Å². The average Bonchev–Trinajstić information content (AvgIpc) is 2.76. The maximum atomic E-state index is 10.4. The molecule has 0 saturated carbocycles. The molecule has 0 unspecified atom stereocenters. The van der Waals surface area contributed by atoms with Crippen LogP contribution >= 0.6 is 0 Å². The molecule has 0 atom stereocenters. The highest BCUT2D eigenvalue weighted by molar-refractivity contribution is 5.66. The van der Waals surface area contributed by atoms with Crippen LogP contribution in [0.1, 0.15) is 31.6 Å². The molecule has 0 spiro atoms. The lowest BCUT2D eigenvalue weighted by Crippen LogP contribution is -2.30. The highest BCUT2D eigenvalue weighted by Crippen LogP contribution is 2.16. The first-order valence-electron chi connectivity index (χ1n) is 5.55. The van der Waals surface area contributed by atoms with Crippen molar-refractivity contribution in [2.45, 2.75) is 32.1 Å². The van der Waals surface area contributed by atoms with E-state index in [1.54, 1.807) is 0 Å². The van der Waals surface area contributed by atoms with E-state index < -0.39 is 5.97 Å². The fraction of sp³-hybridized carbons (Fsp3) is 0.700. The van der Waals surface area contributed by atoms with E-state index in [0.717, 1.165) is 25.9 Å². The van der Waals surface area contributed by atoms with Crippen LogP contribution in [0.2, 0.25) is 0 Å². The van der Waals surface area contributed by atoms with Crippen LogP contribution in [0.15, 0.2) is 4.52 Å². The zero-order valence-corrected chi connectivity index (χ0v) is 9.06. The third-order valence-electron chi connectivity index (χ3n) is 2.65. The zero-order valence-electron chi connectivity index (χ0n) is 9.06. The largest absolute Gasteiger partial charge is 0.481 e. The molecule has 1 aliphatic rings. The molecule has 0 amide bonds. The number of carboxylic acid groups (broad SMARTS) is 1. The summed E-state index contributed by atoms with van der Waals surface area (Å²) >= 11 is 0. The number of rotatable bonds is 4. The molecule has 0 aromatic carbocycles. The fourth-order valence-electron chi connectivity index (χ4n) is 1.78. The Morgan fingerprint density at radius 2 is 2.12 bits per heavy atom. The number of piperidine rings is 1. The van der Waals surface area contributed by atoms with Gasteiger partial charge in [-0.05, 0) is 24.4 Å². The number of hydrogen-bond acceptors (Lipinski definition) is 5. The molecule has 6 nitrogen and oxygen atoms in total. The highest BCUT2D eigenvalue weighted by Gasteiger charge is 2.16. The number of aromatic nitrogens is 2. The van der Waals surface area contributed by atoms with Crippen LogP contribution in [-0.4, -0.2) is 34.3 Å². The Hall–Kier alpha value is -1.59. The fourth-order valence-corrected chi connectivity index (χ4v) is 1.78. The van der Waals surface area contributed by atoms with Crippen LogP contribution < -0.4 is 4.90 Å². The van der Waals surface area contributed by atoms with Gasteiger partial charge in [0.25, 0.3) is 5.95 Å². The van der Waals surface area contributed by atoms with E-state index in [-0.39, 0.29) is 6.42 Å². The molecular weight excluding hydrogens is 210 g/mol. The Morgan fingerprint density at radius 1 is 1.38 bits per heavy atom. The van der Waals surface area contributed by atoms with Gasteiger partial charge in [-0.25, -0.2) is 0 Å². The van der Waals surface area contributed by atoms with E-state index >= 15 is 0 Å². The molecule has 0 radical (unpaired) electrons. The van der Waals surface area contributed by atoms with Gasteiger partial charge >= 0.3 is 5.97 Å². The first-order chi connectivity index (χ1) is 7.75. The predicted octanol–water partition coefficient (Wildman–Crippen LogP) is 1.08. The molecule has 6 heteroatoms. The SMILES string of the molecule is O=C(O)CCc1nc(N2CCCCC2)no1. The van der Waals surface area contributed by atoms with Gasteiger partial charge < -0.3 is 14.5 Å². The van der Waals surface area contributed by atoms with Crippen molar-refractivity contribution in [1.82, 2.24) is 10.1 Å². The van der Waals surface area contributed by atoms with Crippen LogP contribution in [0.3, 0.4) is 0 Å². The van der Waals surface area contributed by atoms with Crippen LogP contribution in [0.4, 0.5) is 5.95 Å². The maximum absolute atomic E-state index is 10.4. The summed E-state index contributed by atoms with van der Waals surface area (Å²) in [5.74, 6) is 0.154. The van der Waals surface area contributed by atoms with Gasteiger partial charge in [-0.2, -0.15) is 4.98 Å². The topological polar surface area (TPSA) is 79.5 Å². The first kappa shape index (κ1) is 10.9. The monoisotopic (exact) mass is 225 g/mol. The molecule has 16 heavy (non-hydrogen) atoms. The minimum atomic E-state index is -0.849. The summed E-state index contributed by atoms with van der Waals surface area (Å²) in [5.41, 5.74) is 0. The molecule has 1 N–H and O–H groups in total. The Bertz CT molecular complexity index is 358. The Morgan fingerprint density at radius 3 is 2.81 bits per heavy atom. The highest BCUT2D eigenvalue weighted by atomic mass is 16.5. The van der Waals surface area contributed by atoms with Crippen molar-refractivity contribution in [3.63, 3.8) is 0 Å². The van der Waals surface area contributed by atoms with E-state index in [2.05, 4.69) is 15.0 Å². The van der Waals surface area contributed by atoms with Crippen LogP contribution in [-0.2, 0) is 11.2 Å². The number of aliphatic carboxylic acids is 1. The number of nitrogens with zero attached hydrogens (tertiary/aromatic N) is 3.